The Bertz CT molecular complexity index is 899. The first kappa shape index (κ1) is 20.7. The van der Waals surface area contributed by atoms with E-state index in [1.165, 1.54) is 22.3 Å². The lowest BCUT2D eigenvalue weighted by Crippen LogP contribution is -2.51. The van der Waals surface area contributed by atoms with Crippen LogP contribution in [-0.2, 0) is 4.79 Å². The SMILES string of the molecule is NC(=O)NC(CC(=O)N1CCN(C(=O)c2ccc(F)c(F)c2)CC1)c1cccs1. The van der Waals surface area contributed by atoms with E-state index in [9.17, 15) is 23.2 Å². The van der Waals surface area contributed by atoms with Gasteiger partial charge in [-0.25, -0.2) is 13.6 Å². The Morgan fingerprint density at radius 1 is 1.07 bits per heavy atom. The van der Waals surface area contributed by atoms with E-state index in [0.717, 1.165) is 17.0 Å². The minimum absolute atomic E-state index is 0.0561. The average Bonchev–Trinajstić information content (AvgIpc) is 3.23. The maximum absolute atomic E-state index is 13.4. The number of hydrogen-bond donors (Lipinski definition) is 2. The Balaban J connectivity index is 1.57. The molecule has 2 aromatic rings. The lowest BCUT2D eigenvalue weighted by Gasteiger charge is -2.35. The van der Waals surface area contributed by atoms with Crippen molar-refractivity contribution in [3.05, 3.63) is 57.8 Å². The van der Waals surface area contributed by atoms with Crippen LogP contribution in [0.1, 0.15) is 27.7 Å². The number of nitrogens with one attached hydrogen (secondary N) is 1. The zero-order chi connectivity index (χ0) is 21.0. The van der Waals surface area contributed by atoms with Gasteiger partial charge in [0.15, 0.2) is 11.6 Å². The number of piperazine rings is 1. The van der Waals surface area contributed by atoms with E-state index < -0.39 is 29.6 Å². The first-order chi connectivity index (χ1) is 13.8. The number of halogens is 2. The summed E-state index contributed by atoms with van der Waals surface area (Å²) in [6.07, 6.45) is 0.0561. The van der Waals surface area contributed by atoms with Gasteiger partial charge in [-0.1, -0.05) is 6.07 Å². The fraction of sp³-hybridized carbons (Fsp3) is 0.316. The van der Waals surface area contributed by atoms with Gasteiger partial charge in [0.05, 0.1) is 12.5 Å². The van der Waals surface area contributed by atoms with Crippen LogP contribution in [0.2, 0.25) is 0 Å². The van der Waals surface area contributed by atoms with Gasteiger partial charge in [0.1, 0.15) is 0 Å². The van der Waals surface area contributed by atoms with Crippen LogP contribution < -0.4 is 11.1 Å². The first-order valence-electron chi connectivity index (χ1n) is 8.96. The number of urea groups is 1. The van der Waals surface area contributed by atoms with E-state index in [1.54, 1.807) is 4.90 Å². The molecule has 3 N–H and O–H groups in total. The highest BCUT2D eigenvalue weighted by atomic mass is 32.1. The van der Waals surface area contributed by atoms with Crippen molar-refractivity contribution in [3.8, 4) is 0 Å². The van der Waals surface area contributed by atoms with Crippen LogP contribution >= 0.6 is 11.3 Å². The van der Waals surface area contributed by atoms with Crippen LogP contribution in [0, 0.1) is 11.6 Å². The molecule has 154 valence electrons. The van der Waals surface area contributed by atoms with Crippen molar-refractivity contribution in [2.75, 3.05) is 26.2 Å². The second kappa shape index (κ2) is 8.99. The number of benzene rings is 1. The Morgan fingerprint density at radius 2 is 1.76 bits per heavy atom. The molecule has 4 amide bonds. The summed E-state index contributed by atoms with van der Waals surface area (Å²) in [4.78, 5) is 40.3. The van der Waals surface area contributed by atoms with Gasteiger partial charge in [0.25, 0.3) is 5.91 Å². The molecule has 1 fully saturated rings. The molecule has 7 nitrogen and oxygen atoms in total. The molecule has 0 spiro atoms. The molecule has 1 aliphatic rings. The molecular weight excluding hydrogens is 402 g/mol. The van der Waals surface area contributed by atoms with Crippen molar-refractivity contribution in [1.29, 1.82) is 0 Å². The van der Waals surface area contributed by atoms with Crippen LogP contribution in [0.15, 0.2) is 35.7 Å². The minimum atomic E-state index is -1.08. The summed E-state index contributed by atoms with van der Waals surface area (Å²) >= 11 is 1.41. The van der Waals surface area contributed by atoms with Gasteiger partial charge in [0, 0.05) is 36.6 Å². The molecule has 1 unspecified atom stereocenters. The van der Waals surface area contributed by atoms with Crippen LogP contribution in [0.25, 0.3) is 0 Å². The lowest BCUT2D eigenvalue weighted by atomic mass is 10.1. The normalized spacial score (nSPS) is 15.1. The first-order valence-corrected chi connectivity index (χ1v) is 9.84. The average molecular weight is 422 g/mol. The zero-order valence-corrected chi connectivity index (χ0v) is 16.3. The van der Waals surface area contributed by atoms with E-state index in [4.69, 9.17) is 5.73 Å². The van der Waals surface area contributed by atoms with Crippen LogP contribution in [0.4, 0.5) is 13.6 Å². The molecule has 1 aromatic carbocycles. The van der Waals surface area contributed by atoms with Gasteiger partial charge in [-0.15, -0.1) is 11.3 Å². The smallest absolute Gasteiger partial charge is 0.312 e. The summed E-state index contributed by atoms with van der Waals surface area (Å²) in [5, 5.41) is 4.43. The van der Waals surface area contributed by atoms with Gasteiger partial charge < -0.3 is 20.9 Å². The molecule has 1 aliphatic heterocycles. The summed E-state index contributed by atoms with van der Waals surface area (Å²) in [6, 6.07) is 5.44. The highest BCUT2D eigenvalue weighted by Crippen LogP contribution is 2.23. The third kappa shape index (κ3) is 5.08. The van der Waals surface area contributed by atoms with Crippen LogP contribution in [0.3, 0.4) is 0 Å². The van der Waals surface area contributed by atoms with Crippen molar-refractivity contribution >= 4 is 29.2 Å². The van der Waals surface area contributed by atoms with E-state index in [-0.39, 0.29) is 31.0 Å². The van der Waals surface area contributed by atoms with Crippen molar-refractivity contribution in [2.45, 2.75) is 12.5 Å². The van der Waals surface area contributed by atoms with Crippen molar-refractivity contribution < 1.29 is 23.2 Å². The summed E-state index contributed by atoms with van der Waals surface area (Å²) in [6.45, 7) is 1.16. The van der Waals surface area contributed by atoms with Gasteiger partial charge in [-0.05, 0) is 29.6 Å². The molecule has 1 aromatic heterocycles. The standard InChI is InChI=1S/C19H20F2N4O3S/c20-13-4-3-12(10-14(13)21)18(27)25-7-5-24(6-8-25)17(26)11-15(23-19(22)28)16-2-1-9-29-16/h1-4,9-10,15H,5-8,11H2,(H3,22,23,28). The van der Waals surface area contributed by atoms with Crippen LogP contribution in [0.5, 0.6) is 0 Å². The number of carbonyl (C=O) groups is 3. The maximum Gasteiger partial charge on any atom is 0.312 e. The van der Waals surface area contributed by atoms with Crippen molar-refractivity contribution in [3.63, 3.8) is 0 Å². The summed E-state index contributed by atoms with van der Waals surface area (Å²) in [5.74, 6) is -2.67. The third-order valence-electron chi connectivity index (χ3n) is 4.67. The quantitative estimate of drug-likeness (QED) is 0.773. The number of hydrogen-bond acceptors (Lipinski definition) is 4. The van der Waals surface area contributed by atoms with Gasteiger partial charge in [0.2, 0.25) is 5.91 Å². The minimum Gasteiger partial charge on any atom is -0.352 e. The van der Waals surface area contributed by atoms with Gasteiger partial charge >= 0.3 is 6.03 Å². The monoisotopic (exact) mass is 422 g/mol. The topological polar surface area (TPSA) is 95.7 Å². The molecule has 3 rings (SSSR count). The van der Waals surface area contributed by atoms with Crippen molar-refractivity contribution in [1.82, 2.24) is 15.1 Å². The number of thiophene rings is 1. The van der Waals surface area contributed by atoms with E-state index >= 15 is 0 Å². The third-order valence-corrected chi connectivity index (χ3v) is 5.65. The fourth-order valence-corrected chi connectivity index (χ4v) is 3.94. The number of nitrogens with zero attached hydrogens (tertiary/aromatic N) is 2. The number of primary amides is 1. The highest BCUT2D eigenvalue weighted by molar-refractivity contribution is 7.10. The predicted octanol–water partition coefficient (Wildman–Crippen LogP) is 2.11. The van der Waals surface area contributed by atoms with Crippen molar-refractivity contribution in [2.24, 2.45) is 5.73 Å². The maximum atomic E-state index is 13.4. The molecule has 0 aliphatic carbocycles. The Morgan fingerprint density at radius 3 is 2.34 bits per heavy atom. The van der Waals surface area contributed by atoms with E-state index in [1.807, 2.05) is 17.5 Å². The Kier molecular flexibility index (Phi) is 6.42. The molecule has 1 atom stereocenters. The molecule has 0 saturated carbocycles. The van der Waals surface area contributed by atoms with Gasteiger partial charge in [-0.2, -0.15) is 0 Å². The Labute approximate surface area is 170 Å². The Hall–Kier alpha value is -3.01. The lowest BCUT2D eigenvalue weighted by molar-refractivity contribution is -0.133. The molecule has 29 heavy (non-hydrogen) atoms. The number of rotatable bonds is 5. The molecular formula is C19H20F2N4O3S. The zero-order valence-electron chi connectivity index (χ0n) is 15.4. The molecule has 0 radical (unpaired) electrons. The fourth-order valence-electron chi connectivity index (χ4n) is 3.16. The summed E-state index contributed by atoms with van der Waals surface area (Å²) in [7, 11) is 0. The number of carbonyl (C=O) groups excluding carboxylic acids is 3. The molecule has 10 heteroatoms. The highest BCUT2D eigenvalue weighted by Gasteiger charge is 2.27. The molecule has 2 heterocycles. The van der Waals surface area contributed by atoms with Crippen LogP contribution in [-0.4, -0.2) is 53.8 Å². The molecule has 0 bridgehead atoms. The second-order valence-corrected chi connectivity index (χ2v) is 7.56. The number of nitrogens with two attached hydrogens (primary N) is 1. The van der Waals surface area contributed by atoms with E-state index in [0.29, 0.717) is 13.1 Å². The predicted molar refractivity (Wildman–Crippen MR) is 103 cm³/mol. The number of amides is 4. The largest absolute Gasteiger partial charge is 0.352 e. The van der Waals surface area contributed by atoms with Gasteiger partial charge in [-0.3, -0.25) is 9.59 Å². The summed E-state index contributed by atoms with van der Waals surface area (Å²) in [5.41, 5.74) is 5.28. The van der Waals surface area contributed by atoms with E-state index in [2.05, 4.69) is 5.32 Å². The second-order valence-electron chi connectivity index (χ2n) is 6.58. The molecule has 1 saturated heterocycles. The summed E-state index contributed by atoms with van der Waals surface area (Å²) < 4.78 is 26.4.